The van der Waals surface area contributed by atoms with Crippen molar-refractivity contribution >= 4 is 30.4 Å². The Morgan fingerprint density at radius 1 is 1.21 bits per heavy atom. The third-order valence-electron chi connectivity index (χ3n) is 2.33. The molecule has 0 saturated carbocycles. The zero-order chi connectivity index (χ0) is 15.2. The van der Waals surface area contributed by atoms with Crippen molar-refractivity contribution in [3.8, 4) is 0 Å². The topological polar surface area (TPSA) is 142 Å². The maximum atomic E-state index is 11.7. The monoisotopic (exact) mass is 293 g/mol. The minimum Gasteiger partial charge on any atom is -0.480 e. The fourth-order valence-electron chi connectivity index (χ4n) is 1.11. The van der Waals surface area contributed by atoms with Gasteiger partial charge in [0.05, 0.1) is 12.1 Å². The molecule has 2 amide bonds. The summed E-state index contributed by atoms with van der Waals surface area (Å²) >= 11 is 3.84. The first-order valence-electron chi connectivity index (χ1n) is 5.58. The number of aliphatic hydroxyl groups excluding tert-OH is 1. The minimum absolute atomic E-state index is 0.0749. The zero-order valence-corrected chi connectivity index (χ0v) is 11.6. The van der Waals surface area contributed by atoms with Crippen LogP contribution in [0.5, 0.6) is 0 Å². The molecule has 0 aliphatic heterocycles. The number of aliphatic carboxylic acids is 1. The van der Waals surface area contributed by atoms with Gasteiger partial charge in [-0.3, -0.25) is 14.4 Å². The molecule has 19 heavy (non-hydrogen) atoms. The van der Waals surface area contributed by atoms with Crippen LogP contribution in [0.15, 0.2) is 0 Å². The van der Waals surface area contributed by atoms with Gasteiger partial charge in [-0.05, 0) is 13.8 Å². The zero-order valence-electron chi connectivity index (χ0n) is 10.7. The van der Waals surface area contributed by atoms with Gasteiger partial charge in [-0.2, -0.15) is 12.6 Å². The van der Waals surface area contributed by atoms with Crippen molar-refractivity contribution in [3.63, 3.8) is 0 Å². The molecular weight excluding hydrogens is 274 g/mol. The maximum absolute atomic E-state index is 11.7. The average Bonchev–Trinajstić information content (AvgIpc) is 2.33. The van der Waals surface area contributed by atoms with E-state index in [2.05, 4.69) is 23.3 Å². The second-order valence-electron chi connectivity index (χ2n) is 4.08. The van der Waals surface area contributed by atoms with Gasteiger partial charge in [0.25, 0.3) is 0 Å². The molecule has 0 aromatic heterocycles. The van der Waals surface area contributed by atoms with Crippen LogP contribution >= 0.6 is 12.6 Å². The van der Waals surface area contributed by atoms with Crippen LogP contribution in [0.4, 0.5) is 0 Å². The van der Waals surface area contributed by atoms with Gasteiger partial charge in [-0.1, -0.05) is 0 Å². The van der Waals surface area contributed by atoms with E-state index in [1.807, 2.05) is 0 Å². The lowest BCUT2D eigenvalue weighted by Gasteiger charge is -2.23. The third-order valence-corrected chi connectivity index (χ3v) is 2.72. The van der Waals surface area contributed by atoms with E-state index >= 15 is 0 Å². The quantitative estimate of drug-likeness (QED) is 0.291. The van der Waals surface area contributed by atoms with Gasteiger partial charge in [0, 0.05) is 5.75 Å². The van der Waals surface area contributed by atoms with E-state index in [0.29, 0.717) is 0 Å². The van der Waals surface area contributed by atoms with E-state index in [0.717, 1.165) is 0 Å². The van der Waals surface area contributed by atoms with Crippen LogP contribution in [0.3, 0.4) is 0 Å². The fourth-order valence-corrected chi connectivity index (χ4v) is 1.28. The van der Waals surface area contributed by atoms with E-state index in [1.165, 1.54) is 13.8 Å². The summed E-state index contributed by atoms with van der Waals surface area (Å²) in [7, 11) is 0. The molecule has 0 aromatic carbocycles. The van der Waals surface area contributed by atoms with Crippen molar-refractivity contribution in [2.24, 2.45) is 5.73 Å². The fraction of sp³-hybridized carbons (Fsp3) is 0.700. The number of hydrogen-bond donors (Lipinski definition) is 6. The SMILES string of the molecule is CC(NC(=O)C(NC(=O)C(N)CS)C(C)O)C(=O)O. The number of nitrogens with two attached hydrogens (primary N) is 1. The number of hydrogen-bond acceptors (Lipinski definition) is 6. The summed E-state index contributed by atoms with van der Waals surface area (Å²) in [5.74, 6) is -2.61. The molecule has 0 bridgehead atoms. The Balaban J connectivity index is 4.69. The molecule has 0 aliphatic carbocycles. The van der Waals surface area contributed by atoms with Crippen LogP contribution < -0.4 is 16.4 Å². The third kappa shape index (κ3) is 5.90. The summed E-state index contributed by atoms with van der Waals surface area (Å²) in [6.45, 7) is 2.56. The molecule has 0 aromatic rings. The van der Waals surface area contributed by atoms with Crippen molar-refractivity contribution in [2.45, 2.75) is 38.1 Å². The van der Waals surface area contributed by atoms with Crippen molar-refractivity contribution < 1.29 is 24.6 Å². The number of carboxylic acid groups (broad SMARTS) is 1. The number of carboxylic acids is 1. The summed E-state index contributed by atoms with van der Waals surface area (Å²) in [5, 5.41) is 22.5. The number of carbonyl (C=O) groups is 3. The summed E-state index contributed by atoms with van der Waals surface area (Å²) in [4.78, 5) is 33.9. The molecule has 0 heterocycles. The molecule has 0 spiro atoms. The number of carbonyl (C=O) groups excluding carboxylic acids is 2. The van der Waals surface area contributed by atoms with E-state index in [9.17, 15) is 19.5 Å². The number of amides is 2. The summed E-state index contributed by atoms with van der Waals surface area (Å²) < 4.78 is 0. The van der Waals surface area contributed by atoms with Crippen molar-refractivity contribution in [1.82, 2.24) is 10.6 Å². The molecule has 0 radical (unpaired) electrons. The highest BCUT2D eigenvalue weighted by atomic mass is 32.1. The second-order valence-corrected chi connectivity index (χ2v) is 4.45. The number of rotatable bonds is 7. The highest BCUT2D eigenvalue weighted by molar-refractivity contribution is 7.80. The number of nitrogens with one attached hydrogen (secondary N) is 2. The van der Waals surface area contributed by atoms with Crippen LogP contribution in [-0.2, 0) is 14.4 Å². The summed E-state index contributed by atoms with van der Waals surface area (Å²) in [6.07, 6.45) is -1.20. The second kappa shape index (κ2) is 7.97. The van der Waals surface area contributed by atoms with E-state index in [4.69, 9.17) is 10.8 Å². The molecule has 0 fully saturated rings. The highest BCUT2D eigenvalue weighted by Gasteiger charge is 2.29. The Bertz CT molecular complexity index is 350. The van der Waals surface area contributed by atoms with Gasteiger partial charge in [0.2, 0.25) is 11.8 Å². The lowest BCUT2D eigenvalue weighted by molar-refractivity contribution is -0.142. The lowest BCUT2D eigenvalue weighted by atomic mass is 10.1. The Hall–Kier alpha value is -1.32. The smallest absolute Gasteiger partial charge is 0.325 e. The van der Waals surface area contributed by atoms with Crippen molar-refractivity contribution in [1.29, 1.82) is 0 Å². The van der Waals surface area contributed by atoms with Gasteiger partial charge in [-0.15, -0.1) is 0 Å². The minimum atomic E-state index is -1.28. The van der Waals surface area contributed by atoms with Crippen LogP contribution in [0.1, 0.15) is 13.8 Å². The van der Waals surface area contributed by atoms with Gasteiger partial charge in [0.15, 0.2) is 0 Å². The van der Waals surface area contributed by atoms with E-state index in [-0.39, 0.29) is 5.75 Å². The maximum Gasteiger partial charge on any atom is 0.325 e. The van der Waals surface area contributed by atoms with Crippen molar-refractivity contribution in [3.05, 3.63) is 0 Å². The standard InChI is InChI=1S/C10H19N3O5S/c1-4(10(17)18)12-9(16)7(5(2)14)13-8(15)6(11)3-19/h4-7,14,19H,3,11H2,1-2H3,(H,12,16)(H,13,15)(H,17,18). The van der Waals surface area contributed by atoms with Gasteiger partial charge in [0.1, 0.15) is 12.1 Å². The first-order valence-corrected chi connectivity index (χ1v) is 6.22. The van der Waals surface area contributed by atoms with Crippen molar-refractivity contribution in [2.75, 3.05) is 5.75 Å². The van der Waals surface area contributed by atoms with Gasteiger partial charge < -0.3 is 26.6 Å². The van der Waals surface area contributed by atoms with Crippen LogP contribution in [0, 0.1) is 0 Å². The van der Waals surface area contributed by atoms with Crippen LogP contribution in [-0.4, -0.2) is 58.0 Å². The van der Waals surface area contributed by atoms with E-state index < -0.39 is 42.0 Å². The molecule has 0 saturated heterocycles. The van der Waals surface area contributed by atoms with Crippen LogP contribution in [0.25, 0.3) is 0 Å². The Morgan fingerprint density at radius 2 is 1.74 bits per heavy atom. The summed E-state index contributed by atoms with van der Waals surface area (Å²) in [5.41, 5.74) is 5.42. The molecule has 8 nitrogen and oxygen atoms in total. The number of thiol groups is 1. The first-order chi connectivity index (χ1) is 8.70. The Labute approximate surface area is 116 Å². The van der Waals surface area contributed by atoms with Gasteiger partial charge >= 0.3 is 5.97 Å². The molecule has 110 valence electrons. The highest BCUT2D eigenvalue weighted by Crippen LogP contribution is 1.97. The molecule has 6 N–H and O–H groups in total. The Morgan fingerprint density at radius 3 is 2.11 bits per heavy atom. The van der Waals surface area contributed by atoms with Gasteiger partial charge in [-0.25, -0.2) is 0 Å². The summed E-state index contributed by atoms with van der Waals surface area (Å²) in [6, 6.07) is -3.33. The number of aliphatic hydroxyl groups is 1. The molecule has 4 unspecified atom stereocenters. The largest absolute Gasteiger partial charge is 0.480 e. The Kier molecular flexibility index (Phi) is 7.42. The van der Waals surface area contributed by atoms with E-state index in [1.54, 1.807) is 0 Å². The molecule has 0 aliphatic rings. The predicted octanol–water partition coefficient (Wildman–Crippen LogP) is -2.30. The molecule has 4 atom stereocenters. The predicted molar refractivity (Wildman–Crippen MR) is 70.7 cm³/mol. The normalized spacial score (nSPS) is 16.9. The molecular formula is C10H19N3O5S. The molecule has 9 heteroatoms. The van der Waals surface area contributed by atoms with Crippen LogP contribution in [0.2, 0.25) is 0 Å². The first kappa shape index (κ1) is 17.7. The lowest BCUT2D eigenvalue weighted by Crippen LogP contribution is -2.58. The molecule has 0 rings (SSSR count). The average molecular weight is 293 g/mol.